The fourth-order valence-corrected chi connectivity index (χ4v) is 7.27. The smallest absolute Gasteiger partial charge is 0.306 e. The standard InChI is InChI=1S/C50H92NO8P/c1-6-8-10-12-14-16-18-20-22-23-24-25-26-27-29-31-33-35-37-39-41-43-50(53)59-48(47-58-60(54,55)57-45-44-51(3,4)5)46-56-49(52)42-40-38-36-34-32-30-28-21-19-17-15-13-11-9-7-2/h9,11,15,17,20-22,28,48H,6-8,10,12-14,16,18-19,23-27,29-47H2,1-5H3/b11-9-,17-15-,22-20-,28-21-/t48-/m1/s1. The zero-order valence-electron chi connectivity index (χ0n) is 39.4. The second-order valence-electron chi connectivity index (χ2n) is 17.4. The number of esters is 2. The Morgan fingerprint density at radius 1 is 0.533 bits per heavy atom. The van der Waals surface area contributed by atoms with Gasteiger partial charge >= 0.3 is 11.9 Å². The van der Waals surface area contributed by atoms with Crippen LogP contribution in [0.3, 0.4) is 0 Å². The van der Waals surface area contributed by atoms with Crippen LogP contribution in [0.2, 0.25) is 0 Å². The molecule has 350 valence electrons. The first-order chi connectivity index (χ1) is 29.0. The Labute approximate surface area is 369 Å². The van der Waals surface area contributed by atoms with Crippen LogP contribution in [0.4, 0.5) is 0 Å². The van der Waals surface area contributed by atoms with Crippen LogP contribution < -0.4 is 4.89 Å². The predicted molar refractivity (Wildman–Crippen MR) is 250 cm³/mol. The van der Waals surface area contributed by atoms with Gasteiger partial charge in [-0.1, -0.05) is 172 Å². The molecule has 0 saturated heterocycles. The van der Waals surface area contributed by atoms with Crippen LogP contribution in [-0.2, 0) is 32.7 Å². The number of quaternary nitrogens is 1. The number of rotatable bonds is 44. The Balaban J connectivity index is 4.28. The summed E-state index contributed by atoms with van der Waals surface area (Å²) in [4.78, 5) is 37.6. The lowest BCUT2D eigenvalue weighted by Gasteiger charge is -2.28. The molecule has 0 aromatic rings. The zero-order valence-corrected chi connectivity index (χ0v) is 40.3. The van der Waals surface area contributed by atoms with E-state index in [1.165, 1.54) is 96.3 Å². The van der Waals surface area contributed by atoms with Gasteiger partial charge in [-0.25, -0.2) is 0 Å². The third kappa shape index (κ3) is 45.5. The molecule has 0 radical (unpaired) electrons. The van der Waals surface area contributed by atoms with Crippen LogP contribution in [0.15, 0.2) is 48.6 Å². The van der Waals surface area contributed by atoms with E-state index in [0.717, 1.165) is 70.6 Å². The van der Waals surface area contributed by atoms with Crippen molar-refractivity contribution < 1.29 is 42.1 Å². The van der Waals surface area contributed by atoms with Crippen molar-refractivity contribution in [3.8, 4) is 0 Å². The van der Waals surface area contributed by atoms with E-state index in [9.17, 15) is 19.0 Å². The fraction of sp³-hybridized carbons (Fsp3) is 0.800. The number of likely N-dealkylation sites (N-methyl/N-ethyl adjacent to an activating group) is 1. The minimum absolute atomic E-state index is 0.0348. The van der Waals surface area contributed by atoms with Crippen molar-refractivity contribution in [3.05, 3.63) is 48.6 Å². The molecule has 0 saturated carbocycles. The summed E-state index contributed by atoms with van der Waals surface area (Å²) in [6.45, 7) is 4.10. The molecule has 2 atom stereocenters. The molecule has 10 heteroatoms. The highest BCUT2D eigenvalue weighted by Gasteiger charge is 2.21. The van der Waals surface area contributed by atoms with Gasteiger partial charge in [0.25, 0.3) is 7.82 Å². The molecule has 0 N–H and O–H groups in total. The van der Waals surface area contributed by atoms with Crippen molar-refractivity contribution >= 4 is 19.8 Å². The molecule has 0 spiro atoms. The van der Waals surface area contributed by atoms with Crippen molar-refractivity contribution in [2.75, 3.05) is 47.5 Å². The summed E-state index contributed by atoms with van der Waals surface area (Å²) < 4.78 is 34.0. The fourth-order valence-electron chi connectivity index (χ4n) is 6.55. The Morgan fingerprint density at radius 3 is 1.43 bits per heavy atom. The summed E-state index contributed by atoms with van der Waals surface area (Å²) in [5, 5.41) is 0. The minimum atomic E-state index is -4.63. The van der Waals surface area contributed by atoms with Crippen molar-refractivity contribution in [1.29, 1.82) is 0 Å². The number of unbranched alkanes of at least 4 members (excludes halogenated alkanes) is 22. The van der Waals surface area contributed by atoms with E-state index in [2.05, 4.69) is 62.5 Å². The molecular weight excluding hydrogens is 774 g/mol. The molecule has 0 heterocycles. The quantitative estimate of drug-likeness (QED) is 0.0196. The SMILES string of the molecule is CC/C=C\C/C=C\C/C=C\CCCCCCCC(=O)OC[C@H](COP(=O)([O-])OCC[N+](C)(C)C)OC(=O)CCCCCCCCCCCCC/C=C\CCCCCCCC. The van der Waals surface area contributed by atoms with E-state index in [-0.39, 0.29) is 26.1 Å². The normalized spacial score (nSPS) is 13.9. The second-order valence-corrected chi connectivity index (χ2v) is 18.9. The number of allylic oxidation sites excluding steroid dienone is 8. The van der Waals surface area contributed by atoms with Gasteiger partial charge in [0, 0.05) is 12.8 Å². The molecule has 9 nitrogen and oxygen atoms in total. The summed E-state index contributed by atoms with van der Waals surface area (Å²) in [6, 6.07) is 0. The van der Waals surface area contributed by atoms with Crippen molar-refractivity contribution in [2.24, 2.45) is 0 Å². The third-order valence-corrected chi connectivity index (χ3v) is 11.3. The summed E-state index contributed by atoms with van der Waals surface area (Å²) in [5.41, 5.74) is 0. The van der Waals surface area contributed by atoms with Gasteiger partial charge in [0.15, 0.2) is 6.10 Å². The van der Waals surface area contributed by atoms with Crippen LogP contribution in [0.5, 0.6) is 0 Å². The molecule has 0 aliphatic heterocycles. The van der Waals surface area contributed by atoms with Crippen LogP contribution in [0, 0.1) is 0 Å². The Hall–Kier alpha value is -2.03. The summed E-state index contributed by atoms with van der Waals surface area (Å²) in [7, 11) is 1.15. The lowest BCUT2D eigenvalue weighted by atomic mass is 10.0. The first-order valence-electron chi connectivity index (χ1n) is 24.3. The molecule has 0 aliphatic rings. The lowest BCUT2D eigenvalue weighted by Crippen LogP contribution is -2.37. The average molecular weight is 866 g/mol. The molecule has 0 aromatic carbocycles. The lowest BCUT2D eigenvalue weighted by molar-refractivity contribution is -0.870. The molecule has 0 aliphatic carbocycles. The highest BCUT2D eigenvalue weighted by molar-refractivity contribution is 7.45. The summed E-state index contributed by atoms with van der Waals surface area (Å²) in [5.74, 6) is -0.853. The van der Waals surface area contributed by atoms with E-state index in [1.54, 1.807) is 0 Å². The Kier molecular flexibility index (Phi) is 40.8. The van der Waals surface area contributed by atoms with Crippen molar-refractivity contribution in [1.82, 2.24) is 0 Å². The first-order valence-corrected chi connectivity index (χ1v) is 25.8. The van der Waals surface area contributed by atoms with Gasteiger partial charge < -0.3 is 27.9 Å². The monoisotopic (exact) mass is 866 g/mol. The van der Waals surface area contributed by atoms with E-state index in [4.69, 9.17) is 18.5 Å². The largest absolute Gasteiger partial charge is 0.756 e. The molecule has 0 bridgehead atoms. The molecule has 60 heavy (non-hydrogen) atoms. The summed E-state index contributed by atoms with van der Waals surface area (Å²) >= 11 is 0. The Bertz CT molecular complexity index is 1160. The average Bonchev–Trinajstić information content (AvgIpc) is 3.20. The van der Waals surface area contributed by atoms with Gasteiger partial charge in [-0.2, -0.15) is 0 Å². The first kappa shape index (κ1) is 58.0. The molecular formula is C50H92NO8P. The molecule has 0 rings (SSSR count). The molecule has 0 fully saturated rings. The third-order valence-electron chi connectivity index (χ3n) is 10.3. The maximum atomic E-state index is 12.7. The van der Waals surface area contributed by atoms with E-state index in [1.807, 2.05) is 21.1 Å². The van der Waals surface area contributed by atoms with Crippen LogP contribution >= 0.6 is 7.82 Å². The number of hydrogen-bond acceptors (Lipinski definition) is 8. The highest BCUT2D eigenvalue weighted by atomic mass is 31.2. The van der Waals surface area contributed by atoms with Crippen LogP contribution in [0.1, 0.15) is 206 Å². The van der Waals surface area contributed by atoms with Gasteiger partial charge in [-0.05, 0) is 70.6 Å². The number of hydrogen-bond donors (Lipinski definition) is 0. The highest BCUT2D eigenvalue weighted by Crippen LogP contribution is 2.38. The van der Waals surface area contributed by atoms with Crippen molar-refractivity contribution in [3.63, 3.8) is 0 Å². The molecule has 0 amide bonds. The van der Waals surface area contributed by atoms with Crippen molar-refractivity contribution in [2.45, 2.75) is 213 Å². The number of carbonyl (C=O) groups is 2. The maximum Gasteiger partial charge on any atom is 0.306 e. The number of carbonyl (C=O) groups excluding carboxylic acids is 2. The topological polar surface area (TPSA) is 111 Å². The maximum absolute atomic E-state index is 12.7. The van der Waals surface area contributed by atoms with Crippen LogP contribution in [0.25, 0.3) is 0 Å². The van der Waals surface area contributed by atoms with Gasteiger partial charge in [-0.3, -0.25) is 14.2 Å². The summed E-state index contributed by atoms with van der Waals surface area (Å²) in [6.07, 6.45) is 50.0. The minimum Gasteiger partial charge on any atom is -0.756 e. The van der Waals surface area contributed by atoms with E-state index >= 15 is 0 Å². The zero-order chi connectivity index (χ0) is 44.3. The van der Waals surface area contributed by atoms with E-state index < -0.39 is 32.5 Å². The van der Waals surface area contributed by atoms with Gasteiger partial charge in [0.05, 0.1) is 27.7 Å². The predicted octanol–water partition coefficient (Wildman–Crippen LogP) is 13.6. The number of phosphoric ester groups is 1. The van der Waals surface area contributed by atoms with E-state index in [0.29, 0.717) is 23.9 Å². The van der Waals surface area contributed by atoms with Gasteiger partial charge in [-0.15, -0.1) is 0 Å². The van der Waals surface area contributed by atoms with Crippen LogP contribution in [-0.4, -0.2) is 70.0 Å². The second kappa shape index (κ2) is 42.3. The number of ether oxygens (including phenoxy) is 2. The van der Waals surface area contributed by atoms with Gasteiger partial charge in [0.2, 0.25) is 0 Å². The Morgan fingerprint density at radius 2 is 0.950 bits per heavy atom. The van der Waals surface area contributed by atoms with Gasteiger partial charge in [0.1, 0.15) is 19.8 Å². The molecule has 1 unspecified atom stereocenters. The number of nitrogens with zero attached hydrogens (tertiary/aromatic N) is 1. The molecule has 0 aromatic heterocycles. The number of phosphoric acid groups is 1.